The number of aromatic nitrogens is 3. The molecule has 0 bridgehead atoms. The number of rotatable bonds is 5. The van der Waals surface area contributed by atoms with Crippen molar-refractivity contribution in [1.29, 1.82) is 0 Å². The van der Waals surface area contributed by atoms with Crippen molar-refractivity contribution in [2.24, 2.45) is 0 Å². The van der Waals surface area contributed by atoms with Gasteiger partial charge in [0.25, 0.3) is 17.7 Å². The Labute approximate surface area is 178 Å². The molecule has 1 saturated carbocycles. The van der Waals surface area contributed by atoms with Gasteiger partial charge in [0.1, 0.15) is 0 Å². The van der Waals surface area contributed by atoms with Crippen molar-refractivity contribution in [3.8, 4) is 11.5 Å². The van der Waals surface area contributed by atoms with Crippen LogP contribution in [-0.2, 0) is 11.3 Å². The van der Waals surface area contributed by atoms with Gasteiger partial charge in [0, 0.05) is 12.2 Å². The van der Waals surface area contributed by atoms with E-state index >= 15 is 0 Å². The van der Waals surface area contributed by atoms with Crippen LogP contribution >= 0.6 is 0 Å². The second-order valence-electron chi connectivity index (χ2n) is 8.62. The fourth-order valence-electron chi connectivity index (χ4n) is 4.08. The third-order valence-electron chi connectivity index (χ3n) is 5.80. The first kappa shape index (κ1) is 21.3. The fourth-order valence-corrected chi connectivity index (χ4v) is 4.08. The van der Waals surface area contributed by atoms with E-state index in [9.17, 15) is 18.4 Å². The first-order valence-corrected chi connectivity index (χ1v) is 10.4. The average Bonchev–Trinajstić information content (AvgIpc) is 3.33. The molecule has 31 heavy (non-hydrogen) atoms. The van der Waals surface area contributed by atoms with Crippen LogP contribution in [0.1, 0.15) is 74.6 Å². The Balaban J connectivity index is 1.55. The maximum absolute atomic E-state index is 14.0. The van der Waals surface area contributed by atoms with Gasteiger partial charge >= 0.3 is 0 Å². The molecule has 1 fully saturated rings. The number of carbonyl (C=O) groups excluding carboxylic acids is 2. The number of hydrogen-bond donors (Lipinski definition) is 1. The zero-order valence-electron chi connectivity index (χ0n) is 17.7. The lowest BCUT2D eigenvalue weighted by Crippen LogP contribution is -2.56. The average molecular weight is 433 g/mol. The summed E-state index contributed by atoms with van der Waals surface area (Å²) in [7, 11) is 0. The molecular formula is C21H25F2N5O3. The van der Waals surface area contributed by atoms with Gasteiger partial charge in [-0.05, 0) is 39.7 Å². The molecular weight excluding hydrogens is 408 g/mol. The molecule has 2 unspecified atom stereocenters. The summed E-state index contributed by atoms with van der Waals surface area (Å²) in [5, 5.41) is 10.3. The van der Waals surface area contributed by atoms with Crippen molar-refractivity contribution in [1.82, 2.24) is 25.4 Å². The Morgan fingerprint density at radius 3 is 2.74 bits per heavy atom. The number of carbonyl (C=O) groups is 2. The summed E-state index contributed by atoms with van der Waals surface area (Å²) in [6.45, 7) is 4.04. The molecule has 8 nitrogen and oxygen atoms in total. The molecule has 1 N–H and O–H groups in total. The fraction of sp³-hybridized carbons (Fsp3) is 0.571. The number of fused-ring (bicyclic) bond motifs is 1. The quantitative estimate of drug-likeness (QED) is 0.777. The molecule has 2 aliphatic rings. The van der Waals surface area contributed by atoms with Crippen LogP contribution in [0.5, 0.6) is 0 Å². The van der Waals surface area contributed by atoms with E-state index in [4.69, 9.17) is 4.42 Å². The summed E-state index contributed by atoms with van der Waals surface area (Å²) in [6.07, 6.45) is 3.33. The van der Waals surface area contributed by atoms with Crippen molar-refractivity contribution in [2.75, 3.05) is 0 Å². The van der Waals surface area contributed by atoms with E-state index < -0.39 is 17.7 Å². The van der Waals surface area contributed by atoms with E-state index in [1.807, 2.05) is 0 Å². The van der Waals surface area contributed by atoms with Crippen LogP contribution in [0, 0.1) is 0 Å². The van der Waals surface area contributed by atoms with Gasteiger partial charge in [-0.15, -0.1) is 10.2 Å². The molecule has 2 amide bonds. The van der Waals surface area contributed by atoms with Gasteiger partial charge in [0.2, 0.25) is 5.89 Å². The molecule has 4 rings (SSSR count). The molecule has 0 aromatic carbocycles. The third-order valence-corrected chi connectivity index (χ3v) is 5.80. The smallest absolute Gasteiger partial charge is 0.257 e. The van der Waals surface area contributed by atoms with E-state index in [-0.39, 0.29) is 29.8 Å². The predicted molar refractivity (Wildman–Crippen MR) is 106 cm³/mol. The molecule has 1 aliphatic carbocycles. The highest BCUT2D eigenvalue weighted by molar-refractivity contribution is 5.99. The molecule has 0 radical (unpaired) electrons. The first-order chi connectivity index (χ1) is 14.6. The van der Waals surface area contributed by atoms with Crippen LogP contribution in [0.25, 0.3) is 11.5 Å². The normalized spacial score (nSPS) is 22.4. The highest BCUT2D eigenvalue weighted by atomic mass is 19.1. The summed E-state index contributed by atoms with van der Waals surface area (Å²) < 4.78 is 32.7. The molecule has 10 heteroatoms. The Kier molecular flexibility index (Phi) is 5.49. The molecule has 2 aromatic heterocycles. The van der Waals surface area contributed by atoms with Crippen LogP contribution in [0.3, 0.4) is 0 Å². The molecule has 0 spiro atoms. The van der Waals surface area contributed by atoms with Crippen LogP contribution < -0.4 is 5.32 Å². The molecule has 1 aliphatic heterocycles. The Hall–Kier alpha value is -2.91. The lowest BCUT2D eigenvalue weighted by atomic mass is 9.88. The van der Waals surface area contributed by atoms with E-state index in [0.29, 0.717) is 36.2 Å². The summed E-state index contributed by atoms with van der Waals surface area (Å²) in [4.78, 5) is 31.5. The monoisotopic (exact) mass is 433 g/mol. The SMILES string of the molecule is CC(F)c1nnc(-c2cnc3c(c2)C(=O)N(C2CCCC[C@H]2NC(=O)C(C)(C)F)C3)o1. The Morgan fingerprint density at radius 2 is 2.06 bits per heavy atom. The van der Waals surface area contributed by atoms with E-state index in [0.717, 1.165) is 12.8 Å². The molecule has 0 saturated heterocycles. The van der Waals surface area contributed by atoms with Gasteiger partial charge in [-0.3, -0.25) is 14.6 Å². The van der Waals surface area contributed by atoms with Crippen molar-refractivity contribution in [3.63, 3.8) is 0 Å². The van der Waals surface area contributed by atoms with Crippen molar-refractivity contribution in [3.05, 3.63) is 29.4 Å². The lowest BCUT2D eigenvalue weighted by molar-refractivity contribution is -0.132. The summed E-state index contributed by atoms with van der Waals surface area (Å²) in [6, 6.07) is 1.05. The van der Waals surface area contributed by atoms with Gasteiger partial charge in [-0.1, -0.05) is 12.8 Å². The number of alkyl halides is 2. The maximum atomic E-state index is 14.0. The number of pyridine rings is 1. The predicted octanol–water partition coefficient (Wildman–Crippen LogP) is 3.29. The standard InChI is InChI=1S/C21H25F2N5O3/c1-11(22)17-26-27-18(31-17)12-8-13-15(24-9-12)10-28(19(13)29)16-7-5-4-6-14(16)25-20(30)21(2,3)23/h8-9,11,14,16H,4-7,10H2,1-3H3,(H,25,30)/t11?,14-,16?/m1/s1. The van der Waals surface area contributed by atoms with Crippen LogP contribution in [-0.4, -0.2) is 49.6 Å². The number of hydrogen-bond acceptors (Lipinski definition) is 6. The van der Waals surface area contributed by atoms with E-state index in [2.05, 4.69) is 20.5 Å². The number of amides is 2. The van der Waals surface area contributed by atoms with Crippen LogP contribution in [0.2, 0.25) is 0 Å². The van der Waals surface area contributed by atoms with Crippen molar-refractivity contribution < 1.29 is 22.8 Å². The molecule has 166 valence electrons. The summed E-state index contributed by atoms with van der Waals surface area (Å²) in [5.74, 6) is -0.939. The van der Waals surface area contributed by atoms with E-state index in [1.54, 1.807) is 11.0 Å². The number of nitrogens with one attached hydrogen (secondary N) is 1. The minimum atomic E-state index is -1.99. The van der Waals surface area contributed by atoms with Crippen molar-refractivity contribution >= 4 is 11.8 Å². The maximum Gasteiger partial charge on any atom is 0.257 e. The minimum Gasteiger partial charge on any atom is -0.417 e. The summed E-state index contributed by atoms with van der Waals surface area (Å²) in [5.41, 5.74) is -0.543. The second-order valence-corrected chi connectivity index (χ2v) is 8.62. The first-order valence-electron chi connectivity index (χ1n) is 10.4. The number of halogens is 2. The zero-order valence-corrected chi connectivity index (χ0v) is 17.7. The highest BCUT2D eigenvalue weighted by Crippen LogP contribution is 2.33. The Bertz CT molecular complexity index is 1000. The topological polar surface area (TPSA) is 101 Å². The third kappa shape index (κ3) is 4.15. The zero-order chi connectivity index (χ0) is 22.3. The molecule has 3 atom stereocenters. The van der Waals surface area contributed by atoms with E-state index in [1.165, 1.54) is 27.0 Å². The van der Waals surface area contributed by atoms with Crippen molar-refractivity contribution in [2.45, 2.75) is 76.9 Å². The van der Waals surface area contributed by atoms with Gasteiger partial charge < -0.3 is 14.6 Å². The highest BCUT2D eigenvalue weighted by Gasteiger charge is 2.40. The lowest BCUT2D eigenvalue weighted by Gasteiger charge is -2.38. The van der Waals surface area contributed by atoms with Crippen LogP contribution in [0.15, 0.2) is 16.7 Å². The largest absolute Gasteiger partial charge is 0.417 e. The molecule has 2 aromatic rings. The summed E-state index contributed by atoms with van der Waals surface area (Å²) >= 11 is 0. The minimum absolute atomic E-state index is 0.0917. The molecule has 3 heterocycles. The van der Waals surface area contributed by atoms with Gasteiger partial charge in [0.05, 0.1) is 29.4 Å². The number of nitrogens with zero attached hydrogens (tertiary/aromatic N) is 4. The van der Waals surface area contributed by atoms with Gasteiger partial charge in [0.15, 0.2) is 11.8 Å². The van der Waals surface area contributed by atoms with Gasteiger partial charge in [-0.2, -0.15) is 0 Å². The second kappa shape index (κ2) is 7.97. The van der Waals surface area contributed by atoms with Gasteiger partial charge in [-0.25, -0.2) is 8.78 Å². The Morgan fingerprint density at radius 1 is 1.32 bits per heavy atom. The van der Waals surface area contributed by atoms with Crippen LogP contribution in [0.4, 0.5) is 8.78 Å².